The normalized spacial score (nSPS) is 14.7. The van der Waals surface area contributed by atoms with Crippen molar-refractivity contribution in [1.29, 1.82) is 0 Å². The first kappa shape index (κ1) is 28.1. The van der Waals surface area contributed by atoms with Crippen LogP contribution in [0.2, 0.25) is 0 Å². The second kappa shape index (κ2) is 11.6. The monoisotopic (exact) mass is 567 g/mol. The van der Waals surface area contributed by atoms with E-state index in [2.05, 4.69) is 25.5 Å². The zero-order valence-corrected chi connectivity index (χ0v) is 22.4. The molecule has 2 amide bonds. The second-order valence-electron chi connectivity index (χ2n) is 9.79. The topological polar surface area (TPSA) is 105 Å². The van der Waals surface area contributed by atoms with Crippen molar-refractivity contribution in [3.05, 3.63) is 72.1 Å². The molecular weight excluding hydrogens is 539 g/mol. The lowest BCUT2D eigenvalue weighted by molar-refractivity contribution is -0.138. The number of nitrogens with zero attached hydrogens (tertiary/aromatic N) is 5. The van der Waals surface area contributed by atoms with Crippen molar-refractivity contribution in [3.8, 4) is 11.8 Å². The molecule has 3 heterocycles. The van der Waals surface area contributed by atoms with Crippen LogP contribution < -0.4 is 15.4 Å². The van der Waals surface area contributed by atoms with Crippen LogP contribution in [0.15, 0.2) is 60.9 Å². The molecule has 0 radical (unpaired) electrons. The van der Waals surface area contributed by atoms with Crippen molar-refractivity contribution >= 4 is 34.3 Å². The number of anilines is 2. The van der Waals surface area contributed by atoms with Crippen LogP contribution in [0.3, 0.4) is 0 Å². The maximum Gasteiger partial charge on any atom is 0.416 e. The zero-order valence-electron chi connectivity index (χ0n) is 22.4. The largest absolute Gasteiger partial charge is 0.424 e. The number of piperazine rings is 1. The summed E-state index contributed by atoms with van der Waals surface area (Å²) in [6, 6.07) is 11.4. The smallest absolute Gasteiger partial charge is 0.416 e. The van der Waals surface area contributed by atoms with Crippen LogP contribution in [-0.4, -0.2) is 69.5 Å². The third-order valence-corrected chi connectivity index (χ3v) is 6.68. The van der Waals surface area contributed by atoms with Gasteiger partial charge in [0.1, 0.15) is 11.6 Å². The molecule has 1 aliphatic rings. The lowest BCUT2D eigenvalue weighted by Gasteiger charge is -2.33. The van der Waals surface area contributed by atoms with Gasteiger partial charge in [-0.1, -0.05) is 6.07 Å². The number of aromatic nitrogens is 3. The molecule has 0 atom stereocenters. The van der Waals surface area contributed by atoms with E-state index in [4.69, 9.17) is 4.74 Å². The summed E-state index contributed by atoms with van der Waals surface area (Å²) >= 11 is 0. The maximum absolute atomic E-state index is 14.0. The Hall–Kier alpha value is -4.49. The number of carbonyl (C=O) groups excluding carboxylic acids is 2. The summed E-state index contributed by atoms with van der Waals surface area (Å²) < 4.78 is 48.9. The Balaban J connectivity index is 1.31. The van der Waals surface area contributed by atoms with Gasteiger partial charge in [0.15, 0.2) is 0 Å². The number of hydrogen-bond acceptors (Lipinski definition) is 7. The summed E-state index contributed by atoms with van der Waals surface area (Å²) in [6.07, 6.45) is -1.61. The molecule has 0 bridgehead atoms. The highest BCUT2D eigenvalue weighted by molar-refractivity contribution is 5.98. The van der Waals surface area contributed by atoms with E-state index in [-0.39, 0.29) is 35.5 Å². The number of fused-ring (bicyclic) bond motifs is 1. The summed E-state index contributed by atoms with van der Waals surface area (Å²) in [5.74, 6) is 0.390. The number of ether oxygens (including phenoxy) is 1. The number of amides is 2. The van der Waals surface area contributed by atoms with Crippen molar-refractivity contribution in [2.75, 3.05) is 43.9 Å². The minimum absolute atomic E-state index is 0.0179. The van der Waals surface area contributed by atoms with Crippen LogP contribution in [0.25, 0.3) is 10.9 Å². The number of carbonyl (C=O) groups is 2. The number of nitrogens with one attached hydrogen (secondary N) is 2. The molecule has 10 nitrogen and oxygen atoms in total. The van der Waals surface area contributed by atoms with Crippen LogP contribution in [0, 0.1) is 0 Å². The molecule has 214 valence electrons. The predicted molar refractivity (Wildman–Crippen MR) is 147 cm³/mol. The maximum atomic E-state index is 14.0. The van der Waals surface area contributed by atoms with E-state index < -0.39 is 17.8 Å². The molecule has 1 saturated heterocycles. The van der Waals surface area contributed by atoms with Crippen LogP contribution in [0.1, 0.15) is 18.1 Å². The molecule has 0 aliphatic carbocycles. The summed E-state index contributed by atoms with van der Waals surface area (Å²) in [4.78, 5) is 36.6. The fraction of sp³-hybridized carbons (Fsp3) is 0.286. The molecule has 2 N–H and O–H groups in total. The second-order valence-corrected chi connectivity index (χ2v) is 9.79. The number of halogens is 3. The minimum Gasteiger partial charge on any atom is -0.424 e. The molecule has 13 heteroatoms. The Bertz CT molecular complexity index is 1580. The highest BCUT2D eigenvalue weighted by Crippen LogP contribution is 2.35. The summed E-state index contributed by atoms with van der Waals surface area (Å²) in [5.41, 5.74) is -0.0308. The average molecular weight is 568 g/mol. The number of likely N-dealkylation sites (N-methyl/N-ethyl adjacent to an activating group) is 1. The highest BCUT2D eigenvalue weighted by Gasteiger charge is 2.34. The lowest BCUT2D eigenvalue weighted by atomic mass is 10.0. The number of alkyl halides is 3. The van der Waals surface area contributed by atoms with Gasteiger partial charge in [-0.05, 0) is 55.1 Å². The van der Waals surface area contributed by atoms with Gasteiger partial charge in [-0.2, -0.15) is 18.2 Å². The van der Waals surface area contributed by atoms with E-state index >= 15 is 0 Å². The highest BCUT2D eigenvalue weighted by atomic mass is 19.4. The molecule has 5 rings (SSSR count). The van der Waals surface area contributed by atoms with Gasteiger partial charge in [0, 0.05) is 63.1 Å². The zero-order chi connectivity index (χ0) is 29.1. The third-order valence-electron chi connectivity index (χ3n) is 6.68. The molecule has 2 aromatic carbocycles. The molecule has 0 unspecified atom stereocenters. The summed E-state index contributed by atoms with van der Waals surface area (Å²) in [6.45, 7) is 4.52. The molecule has 2 aromatic heterocycles. The summed E-state index contributed by atoms with van der Waals surface area (Å²) in [7, 11) is 1.99. The van der Waals surface area contributed by atoms with Crippen LogP contribution in [0.4, 0.5) is 29.5 Å². The molecular formula is C28H28F3N7O3. The van der Waals surface area contributed by atoms with E-state index in [1.807, 2.05) is 11.9 Å². The predicted octanol–water partition coefficient (Wildman–Crippen LogP) is 5.03. The molecule has 41 heavy (non-hydrogen) atoms. The Labute approximate surface area is 233 Å². The van der Waals surface area contributed by atoms with Crippen LogP contribution in [-0.2, 0) is 17.5 Å². The van der Waals surface area contributed by atoms with Gasteiger partial charge < -0.3 is 20.3 Å². The average Bonchev–Trinajstić information content (AvgIpc) is 3.33. The van der Waals surface area contributed by atoms with Crippen molar-refractivity contribution in [1.82, 2.24) is 24.3 Å². The van der Waals surface area contributed by atoms with E-state index in [0.717, 1.165) is 19.2 Å². The van der Waals surface area contributed by atoms with Crippen LogP contribution >= 0.6 is 0 Å². The quantitative estimate of drug-likeness (QED) is 0.337. The van der Waals surface area contributed by atoms with Gasteiger partial charge in [-0.3, -0.25) is 14.3 Å². The Kier molecular flexibility index (Phi) is 7.90. The molecule has 1 fully saturated rings. The van der Waals surface area contributed by atoms with Gasteiger partial charge in [-0.25, -0.2) is 9.78 Å². The first-order valence-corrected chi connectivity index (χ1v) is 12.9. The van der Waals surface area contributed by atoms with Crippen LogP contribution in [0.5, 0.6) is 11.8 Å². The summed E-state index contributed by atoms with van der Waals surface area (Å²) in [5, 5.41) is 5.77. The minimum atomic E-state index is -4.56. The molecule has 0 saturated carbocycles. The fourth-order valence-electron chi connectivity index (χ4n) is 4.59. The van der Waals surface area contributed by atoms with E-state index in [9.17, 15) is 22.8 Å². The molecule has 1 aliphatic heterocycles. The van der Waals surface area contributed by atoms with Gasteiger partial charge in [0.25, 0.3) is 0 Å². The Morgan fingerprint density at radius 2 is 1.78 bits per heavy atom. The lowest BCUT2D eigenvalue weighted by Crippen LogP contribution is -2.44. The SMILES string of the molecule is CC(=O)Nc1ccnc(Oc2ccc3c(ccn3C(=O)Nc3ccc(CN4CCN(C)CC4)c(C(F)(F)F)c3)c2)n1. The standard InChI is InChI=1S/C28H28F3N7O3/c1-18(39)33-25-7-9-32-26(35-25)41-22-5-6-24-19(15-22)8-10-38(24)27(40)34-21-4-3-20(23(16-21)28(29,30)31)17-37-13-11-36(2)12-14-37/h3-10,15-16H,11-14,17H2,1-2H3,(H,34,40)(H,32,33,35,39). The number of hydrogen-bond donors (Lipinski definition) is 2. The first-order valence-electron chi connectivity index (χ1n) is 12.9. The van der Waals surface area contributed by atoms with Gasteiger partial charge in [0.05, 0.1) is 11.1 Å². The van der Waals surface area contributed by atoms with Gasteiger partial charge in [0.2, 0.25) is 5.91 Å². The van der Waals surface area contributed by atoms with Crippen molar-refractivity contribution < 1.29 is 27.5 Å². The van der Waals surface area contributed by atoms with E-state index in [1.54, 1.807) is 24.3 Å². The van der Waals surface area contributed by atoms with Gasteiger partial charge in [-0.15, -0.1) is 0 Å². The fourth-order valence-corrected chi connectivity index (χ4v) is 4.59. The van der Waals surface area contributed by atoms with E-state index in [1.165, 1.54) is 42.1 Å². The van der Waals surface area contributed by atoms with Gasteiger partial charge >= 0.3 is 18.2 Å². The Morgan fingerprint density at radius 1 is 1.00 bits per heavy atom. The third kappa shape index (κ3) is 6.81. The number of rotatable bonds is 6. The number of benzene rings is 2. The van der Waals surface area contributed by atoms with Crippen molar-refractivity contribution in [3.63, 3.8) is 0 Å². The van der Waals surface area contributed by atoms with Crippen molar-refractivity contribution in [2.24, 2.45) is 0 Å². The van der Waals surface area contributed by atoms with Crippen molar-refractivity contribution in [2.45, 2.75) is 19.6 Å². The first-order chi connectivity index (χ1) is 19.5. The van der Waals surface area contributed by atoms with E-state index in [0.29, 0.717) is 29.7 Å². The Morgan fingerprint density at radius 3 is 2.51 bits per heavy atom. The molecule has 0 spiro atoms. The molecule has 4 aromatic rings.